The maximum absolute atomic E-state index is 5.33. The molecule has 3 nitrogen and oxygen atoms in total. The van der Waals surface area contributed by atoms with E-state index >= 15 is 0 Å². The van der Waals surface area contributed by atoms with Crippen LogP contribution in [-0.2, 0) is 6.42 Å². The second-order valence-corrected chi connectivity index (χ2v) is 14.3. The van der Waals surface area contributed by atoms with E-state index in [9.17, 15) is 0 Å². The summed E-state index contributed by atoms with van der Waals surface area (Å²) in [5, 5.41) is 16.4. The van der Waals surface area contributed by atoms with Gasteiger partial charge in [-0.3, -0.25) is 4.99 Å². The second-order valence-electron chi connectivity index (χ2n) is 14.3. The van der Waals surface area contributed by atoms with Gasteiger partial charge in [0, 0.05) is 34.1 Å². The van der Waals surface area contributed by atoms with Crippen LogP contribution in [0.5, 0.6) is 0 Å². The highest BCUT2D eigenvalue weighted by atomic mass is 15.1. The first-order valence-electron chi connectivity index (χ1n) is 18.5. The third-order valence-corrected chi connectivity index (χ3v) is 11.1. The van der Waals surface area contributed by atoms with Gasteiger partial charge >= 0.3 is 0 Å². The minimum absolute atomic E-state index is 0.382. The molecule has 1 aliphatic carbocycles. The van der Waals surface area contributed by atoms with E-state index in [0.29, 0.717) is 0 Å². The fourth-order valence-electron chi connectivity index (χ4n) is 8.41. The van der Waals surface area contributed by atoms with Crippen LogP contribution in [0.2, 0.25) is 0 Å². The zero-order valence-corrected chi connectivity index (χ0v) is 29.1. The molecule has 0 saturated carbocycles. The zero-order chi connectivity index (χ0) is 34.9. The average molecular weight is 677 g/mol. The van der Waals surface area contributed by atoms with E-state index in [0.717, 1.165) is 40.9 Å². The van der Waals surface area contributed by atoms with Gasteiger partial charge in [-0.05, 0) is 103 Å². The fourth-order valence-corrected chi connectivity index (χ4v) is 8.41. The molecule has 2 heterocycles. The van der Waals surface area contributed by atoms with Crippen molar-refractivity contribution >= 4 is 71.5 Å². The lowest BCUT2D eigenvalue weighted by molar-refractivity contribution is 0.881. The highest BCUT2D eigenvalue weighted by Gasteiger charge is 2.20. The molecule has 0 radical (unpaired) electrons. The van der Waals surface area contributed by atoms with Gasteiger partial charge in [-0.15, -0.1) is 5.70 Å². The Morgan fingerprint density at radius 3 is 1.94 bits per heavy atom. The maximum Gasteiger partial charge on any atom is 0.0623 e. The van der Waals surface area contributed by atoms with Gasteiger partial charge in [0.1, 0.15) is 0 Å². The molecular weight excluding hydrogens is 643 g/mol. The van der Waals surface area contributed by atoms with E-state index in [1.165, 1.54) is 70.9 Å². The van der Waals surface area contributed by atoms with Crippen molar-refractivity contribution in [1.82, 2.24) is 4.57 Å². The summed E-state index contributed by atoms with van der Waals surface area (Å²) in [6, 6.07) is 57.3. The van der Waals surface area contributed by atoms with Crippen LogP contribution in [0, 0.1) is 0 Å². The first-order valence-corrected chi connectivity index (χ1v) is 18.5. The van der Waals surface area contributed by atoms with Crippen molar-refractivity contribution in [1.29, 1.82) is 0 Å². The molecule has 0 saturated heterocycles. The molecule has 0 amide bonds. The Bertz CT molecular complexity index is 3050. The van der Waals surface area contributed by atoms with Crippen LogP contribution in [0.4, 0.5) is 0 Å². The Hall–Kier alpha value is -6.71. The van der Waals surface area contributed by atoms with Gasteiger partial charge in [-0.1, -0.05) is 140 Å². The van der Waals surface area contributed by atoms with Gasteiger partial charge in [0.15, 0.2) is 0 Å². The minimum Gasteiger partial charge on any atom is -0.659 e. The van der Waals surface area contributed by atoms with Crippen molar-refractivity contribution in [2.24, 2.45) is 4.99 Å². The van der Waals surface area contributed by atoms with E-state index in [2.05, 4.69) is 181 Å². The fraction of sp³-hybridized carbons (Fsp3) is 0.0600. The van der Waals surface area contributed by atoms with E-state index in [4.69, 9.17) is 10.3 Å². The number of hydrogen-bond donors (Lipinski definition) is 0. The summed E-state index contributed by atoms with van der Waals surface area (Å²) in [6.07, 6.45) is 8.48. The Labute approximate surface area is 307 Å². The highest BCUT2D eigenvalue weighted by molar-refractivity contribution is 6.16. The summed E-state index contributed by atoms with van der Waals surface area (Å²) < 4.78 is 2.49. The van der Waals surface area contributed by atoms with Crippen molar-refractivity contribution in [3.05, 3.63) is 203 Å². The summed E-state index contributed by atoms with van der Waals surface area (Å²) >= 11 is 0. The highest BCUT2D eigenvalue weighted by Crippen LogP contribution is 2.41. The number of aromatic nitrogens is 1. The van der Waals surface area contributed by atoms with Crippen molar-refractivity contribution < 1.29 is 0 Å². The van der Waals surface area contributed by atoms with Crippen molar-refractivity contribution in [3.63, 3.8) is 0 Å². The SMILES string of the molecule is C1=Cc2c(n(-c3ccc4ccc(C5N=C(c6ccc7ccccc7c6)C=C(c6ccc7ccccc7c6)[N-]5)cc4c3)c3cc4ccccc4cc23)CC1. The van der Waals surface area contributed by atoms with Crippen molar-refractivity contribution in [2.45, 2.75) is 19.0 Å². The first-order chi connectivity index (χ1) is 26.2. The van der Waals surface area contributed by atoms with Gasteiger partial charge in [0.2, 0.25) is 0 Å². The van der Waals surface area contributed by atoms with Crippen LogP contribution < -0.4 is 0 Å². The van der Waals surface area contributed by atoms with Crippen LogP contribution in [0.3, 0.4) is 0 Å². The maximum atomic E-state index is 5.33. The predicted octanol–water partition coefficient (Wildman–Crippen LogP) is 13.1. The molecule has 3 heteroatoms. The summed E-state index contributed by atoms with van der Waals surface area (Å²) in [7, 11) is 0. The molecule has 0 bridgehead atoms. The number of rotatable bonds is 4. The molecule has 0 spiro atoms. The number of allylic oxidation sites excluding steroid dienone is 2. The van der Waals surface area contributed by atoms with E-state index in [1.807, 2.05) is 0 Å². The van der Waals surface area contributed by atoms with Gasteiger partial charge in [0.05, 0.1) is 11.2 Å². The molecule has 2 aliphatic rings. The normalized spacial score (nSPS) is 15.5. The Morgan fingerprint density at radius 2 is 1.17 bits per heavy atom. The van der Waals surface area contributed by atoms with E-state index in [1.54, 1.807) is 0 Å². The molecule has 0 fully saturated rings. The number of fused-ring (bicyclic) bond motifs is 7. The summed E-state index contributed by atoms with van der Waals surface area (Å²) in [5.74, 6) is 0. The molecule has 1 atom stereocenters. The number of hydrogen-bond acceptors (Lipinski definition) is 1. The second kappa shape index (κ2) is 11.9. The zero-order valence-electron chi connectivity index (χ0n) is 29.1. The molecule has 53 heavy (non-hydrogen) atoms. The van der Waals surface area contributed by atoms with Crippen LogP contribution in [-0.4, -0.2) is 10.3 Å². The van der Waals surface area contributed by atoms with Crippen LogP contribution in [0.25, 0.3) is 76.8 Å². The smallest absolute Gasteiger partial charge is 0.0623 e. The third kappa shape index (κ3) is 5.08. The summed E-state index contributed by atoms with van der Waals surface area (Å²) in [5.41, 5.74) is 10.3. The molecular formula is C50H34N3-. The molecule has 0 N–H and O–H groups in total. The average Bonchev–Trinajstić information content (AvgIpc) is 3.55. The van der Waals surface area contributed by atoms with Crippen LogP contribution >= 0.6 is 0 Å². The van der Waals surface area contributed by atoms with Gasteiger partial charge in [-0.25, -0.2) is 0 Å². The summed E-state index contributed by atoms with van der Waals surface area (Å²) in [6.45, 7) is 0. The molecule has 8 aromatic carbocycles. The lowest BCUT2D eigenvalue weighted by Gasteiger charge is -2.37. The minimum atomic E-state index is -0.382. The lowest BCUT2D eigenvalue weighted by atomic mass is 9.98. The van der Waals surface area contributed by atoms with Crippen molar-refractivity contribution in [3.8, 4) is 5.69 Å². The van der Waals surface area contributed by atoms with Gasteiger partial charge in [-0.2, -0.15) is 0 Å². The molecule has 1 aliphatic heterocycles. The van der Waals surface area contributed by atoms with Crippen molar-refractivity contribution in [2.75, 3.05) is 0 Å². The largest absolute Gasteiger partial charge is 0.659 e. The molecule has 1 unspecified atom stereocenters. The Kier molecular flexibility index (Phi) is 6.75. The Balaban J connectivity index is 1.04. The van der Waals surface area contributed by atoms with Gasteiger partial charge in [0.25, 0.3) is 0 Å². The van der Waals surface area contributed by atoms with E-state index in [-0.39, 0.29) is 6.17 Å². The molecule has 9 aromatic rings. The van der Waals surface area contributed by atoms with Crippen LogP contribution in [0.15, 0.2) is 175 Å². The summed E-state index contributed by atoms with van der Waals surface area (Å²) in [4.78, 5) is 5.33. The predicted molar refractivity (Wildman–Crippen MR) is 224 cm³/mol. The molecule has 11 rings (SSSR count). The first kappa shape index (κ1) is 30.0. The number of aliphatic imine (C=N–C) groups is 1. The topological polar surface area (TPSA) is 31.4 Å². The number of benzene rings is 8. The van der Waals surface area contributed by atoms with Crippen LogP contribution in [0.1, 0.15) is 40.5 Å². The quantitative estimate of drug-likeness (QED) is 0.178. The third-order valence-electron chi connectivity index (χ3n) is 11.1. The standard InChI is InChI=1S/C50H34N3/c1-3-11-35-25-39(20-17-32(35)9-1)46-31-47(40-21-18-33-10-2-4-12-36(33)26-40)52-50(51-46)41-22-19-34-23-24-43(28-42(34)27-41)53-48-16-8-7-15-44(48)45-29-37-13-5-6-14-38(37)30-49(45)53/h1-7,9-15,17-31,50H,8,16H2/q-1. The van der Waals surface area contributed by atoms with Gasteiger partial charge < -0.3 is 9.88 Å². The Morgan fingerprint density at radius 1 is 0.547 bits per heavy atom. The molecule has 250 valence electrons. The molecule has 1 aromatic heterocycles. The monoisotopic (exact) mass is 676 g/mol. The number of nitrogens with zero attached hydrogens (tertiary/aromatic N) is 3. The van der Waals surface area contributed by atoms with E-state index < -0.39 is 0 Å². The lowest BCUT2D eigenvalue weighted by Crippen LogP contribution is -2.09.